The predicted octanol–water partition coefficient (Wildman–Crippen LogP) is 2.55. The zero-order valence-corrected chi connectivity index (χ0v) is 13.7. The minimum Gasteiger partial charge on any atom is -0.338 e. The number of hydrazone groups is 1. The van der Waals surface area contributed by atoms with Crippen LogP contribution in [0.2, 0.25) is 0 Å². The van der Waals surface area contributed by atoms with E-state index in [9.17, 15) is 0 Å². The Hall–Kier alpha value is -1.66. The van der Waals surface area contributed by atoms with E-state index >= 15 is 0 Å². The first kappa shape index (κ1) is 14.3. The van der Waals surface area contributed by atoms with Crippen molar-refractivity contribution in [1.82, 2.24) is 15.2 Å². The minimum atomic E-state index is 0.811. The third-order valence-electron chi connectivity index (χ3n) is 3.87. The molecule has 0 bridgehead atoms. The Bertz CT molecular complexity index is 631. The number of aliphatic imine (C=N–C) groups is 1. The van der Waals surface area contributed by atoms with Crippen molar-refractivity contribution in [1.29, 1.82) is 0 Å². The first-order valence-electron chi connectivity index (χ1n) is 6.93. The van der Waals surface area contributed by atoms with Crippen molar-refractivity contribution < 1.29 is 0 Å². The molecule has 6 heteroatoms. The van der Waals surface area contributed by atoms with E-state index in [1.807, 2.05) is 12.1 Å². The third kappa shape index (κ3) is 2.38. The van der Waals surface area contributed by atoms with Gasteiger partial charge in [0.1, 0.15) is 0 Å². The lowest BCUT2D eigenvalue weighted by molar-refractivity contribution is 0.324. The SMILES string of the molecule is C=NN1C(=C)c2c(ccc(Br)c2C)N=C1N1CCNCC1. The highest BCUT2D eigenvalue weighted by atomic mass is 79.9. The van der Waals surface area contributed by atoms with Gasteiger partial charge in [-0.15, -0.1) is 0 Å². The lowest BCUT2D eigenvalue weighted by Gasteiger charge is -2.37. The molecule has 0 aromatic heterocycles. The molecule has 1 fully saturated rings. The number of rotatable bonds is 1. The van der Waals surface area contributed by atoms with Crippen LogP contribution in [-0.2, 0) is 0 Å². The molecule has 0 atom stereocenters. The second-order valence-corrected chi connectivity index (χ2v) is 5.97. The van der Waals surface area contributed by atoms with E-state index in [0.717, 1.165) is 59.1 Å². The second-order valence-electron chi connectivity index (χ2n) is 5.12. The molecule has 2 aliphatic heterocycles. The molecular formula is C15H18BrN5. The molecule has 1 saturated heterocycles. The van der Waals surface area contributed by atoms with Gasteiger partial charge in [-0.05, 0) is 24.6 Å². The third-order valence-corrected chi connectivity index (χ3v) is 4.73. The number of guanidine groups is 1. The van der Waals surface area contributed by atoms with Crippen LogP contribution in [0.5, 0.6) is 0 Å². The normalized spacial score (nSPS) is 18.4. The summed E-state index contributed by atoms with van der Waals surface area (Å²) < 4.78 is 1.05. The van der Waals surface area contributed by atoms with Crippen molar-refractivity contribution in [2.24, 2.45) is 10.1 Å². The molecule has 110 valence electrons. The van der Waals surface area contributed by atoms with Gasteiger partial charge in [-0.1, -0.05) is 22.5 Å². The van der Waals surface area contributed by atoms with Crippen LogP contribution in [0.15, 0.2) is 33.3 Å². The Morgan fingerprint density at radius 3 is 2.71 bits per heavy atom. The average Bonchev–Trinajstić information content (AvgIpc) is 2.51. The van der Waals surface area contributed by atoms with Crippen molar-refractivity contribution in [2.45, 2.75) is 6.92 Å². The number of halogens is 1. The molecule has 0 saturated carbocycles. The number of fused-ring (bicyclic) bond motifs is 1. The maximum absolute atomic E-state index is 4.80. The molecule has 1 N–H and O–H groups in total. The van der Waals surface area contributed by atoms with E-state index in [1.165, 1.54) is 0 Å². The molecule has 2 aliphatic rings. The zero-order valence-electron chi connectivity index (χ0n) is 12.1. The standard InChI is InChI=1S/C15H18BrN5/c1-10-12(16)4-5-13-14(10)11(2)21(17-3)15(19-13)20-8-6-18-7-9-20/h4-5,18H,2-3,6-9H2,1H3. The largest absolute Gasteiger partial charge is 0.338 e. The summed E-state index contributed by atoms with van der Waals surface area (Å²) in [7, 11) is 0. The van der Waals surface area contributed by atoms with Gasteiger partial charge in [0.05, 0.1) is 11.4 Å². The van der Waals surface area contributed by atoms with Crippen LogP contribution in [-0.4, -0.2) is 48.8 Å². The Kier molecular flexibility index (Phi) is 3.82. The van der Waals surface area contributed by atoms with E-state index in [2.05, 4.69) is 51.5 Å². The Morgan fingerprint density at radius 2 is 2.05 bits per heavy atom. The summed E-state index contributed by atoms with van der Waals surface area (Å²) >= 11 is 3.56. The van der Waals surface area contributed by atoms with Gasteiger partial charge in [-0.3, -0.25) is 0 Å². The van der Waals surface area contributed by atoms with Crippen LogP contribution in [0.25, 0.3) is 5.70 Å². The summed E-state index contributed by atoms with van der Waals surface area (Å²) in [4.78, 5) is 7.02. The second kappa shape index (κ2) is 5.61. The highest BCUT2D eigenvalue weighted by molar-refractivity contribution is 9.10. The molecular weight excluding hydrogens is 330 g/mol. The average molecular weight is 348 g/mol. The fraction of sp³-hybridized carbons (Fsp3) is 0.333. The highest BCUT2D eigenvalue weighted by Crippen LogP contribution is 2.39. The van der Waals surface area contributed by atoms with E-state index < -0.39 is 0 Å². The van der Waals surface area contributed by atoms with Crippen LogP contribution in [0.3, 0.4) is 0 Å². The Balaban J connectivity index is 2.10. The number of hydrogen-bond acceptors (Lipinski definition) is 5. The smallest absolute Gasteiger partial charge is 0.227 e. The summed E-state index contributed by atoms with van der Waals surface area (Å²) in [5.41, 5.74) is 3.90. The van der Waals surface area contributed by atoms with E-state index in [0.29, 0.717) is 0 Å². The van der Waals surface area contributed by atoms with Crippen LogP contribution < -0.4 is 5.32 Å². The van der Waals surface area contributed by atoms with E-state index in [1.54, 1.807) is 5.01 Å². The summed E-state index contributed by atoms with van der Waals surface area (Å²) in [6.45, 7) is 13.7. The molecule has 21 heavy (non-hydrogen) atoms. The van der Waals surface area contributed by atoms with E-state index in [-0.39, 0.29) is 0 Å². The molecule has 0 aliphatic carbocycles. The van der Waals surface area contributed by atoms with Gasteiger partial charge in [-0.2, -0.15) is 5.10 Å². The molecule has 0 amide bonds. The Morgan fingerprint density at radius 1 is 1.33 bits per heavy atom. The van der Waals surface area contributed by atoms with Crippen LogP contribution in [0.1, 0.15) is 11.1 Å². The molecule has 1 aromatic carbocycles. The zero-order chi connectivity index (χ0) is 15.0. The van der Waals surface area contributed by atoms with Gasteiger partial charge < -0.3 is 10.2 Å². The molecule has 0 unspecified atom stereocenters. The van der Waals surface area contributed by atoms with Gasteiger partial charge in [0, 0.05) is 42.9 Å². The topological polar surface area (TPSA) is 43.2 Å². The van der Waals surface area contributed by atoms with Crippen molar-refractivity contribution in [3.8, 4) is 0 Å². The number of hydrogen-bond donors (Lipinski definition) is 1. The summed E-state index contributed by atoms with van der Waals surface area (Å²) in [6, 6.07) is 4.04. The lowest BCUT2D eigenvalue weighted by atomic mass is 10.0. The van der Waals surface area contributed by atoms with Gasteiger partial charge >= 0.3 is 0 Å². The Labute approximate surface area is 133 Å². The van der Waals surface area contributed by atoms with Gasteiger partial charge in [-0.25, -0.2) is 10.0 Å². The van der Waals surface area contributed by atoms with Crippen molar-refractivity contribution in [2.75, 3.05) is 26.2 Å². The minimum absolute atomic E-state index is 0.811. The van der Waals surface area contributed by atoms with Crippen LogP contribution in [0, 0.1) is 6.92 Å². The van der Waals surface area contributed by atoms with Crippen LogP contribution >= 0.6 is 15.9 Å². The summed E-state index contributed by atoms with van der Waals surface area (Å²) in [6.07, 6.45) is 0. The fourth-order valence-electron chi connectivity index (χ4n) is 2.73. The number of nitrogens with one attached hydrogen (secondary N) is 1. The van der Waals surface area contributed by atoms with E-state index in [4.69, 9.17) is 4.99 Å². The first-order chi connectivity index (χ1) is 10.1. The molecule has 5 nitrogen and oxygen atoms in total. The van der Waals surface area contributed by atoms with Gasteiger partial charge in [0.2, 0.25) is 5.96 Å². The van der Waals surface area contributed by atoms with Crippen molar-refractivity contribution in [3.63, 3.8) is 0 Å². The van der Waals surface area contributed by atoms with Crippen molar-refractivity contribution >= 4 is 40.0 Å². The molecule has 0 spiro atoms. The predicted molar refractivity (Wildman–Crippen MR) is 90.8 cm³/mol. The molecule has 3 rings (SSSR count). The van der Waals surface area contributed by atoms with Gasteiger partial charge in [0.25, 0.3) is 0 Å². The lowest BCUT2D eigenvalue weighted by Crippen LogP contribution is -2.51. The molecule has 0 radical (unpaired) electrons. The maximum Gasteiger partial charge on any atom is 0.227 e. The summed E-state index contributed by atoms with van der Waals surface area (Å²) in [5.74, 6) is 0.811. The fourth-order valence-corrected chi connectivity index (χ4v) is 3.06. The highest BCUT2D eigenvalue weighted by Gasteiger charge is 2.29. The van der Waals surface area contributed by atoms with Gasteiger partial charge in [0.15, 0.2) is 0 Å². The maximum atomic E-state index is 4.80. The quantitative estimate of drug-likeness (QED) is 0.794. The number of piperazine rings is 1. The van der Waals surface area contributed by atoms with Crippen LogP contribution in [0.4, 0.5) is 5.69 Å². The number of nitrogens with zero attached hydrogens (tertiary/aromatic N) is 4. The van der Waals surface area contributed by atoms with Crippen molar-refractivity contribution in [3.05, 3.63) is 34.3 Å². The monoisotopic (exact) mass is 347 g/mol. The summed E-state index contributed by atoms with van der Waals surface area (Å²) in [5, 5.41) is 9.22. The number of benzene rings is 1. The first-order valence-corrected chi connectivity index (χ1v) is 7.72. The molecule has 1 aromatic rings. The molecule has 2 heterocycles.